The maximum absolute atomic E-state index is 5.48. The molecule has 2 aromatic rings. The number of aromatic nitrogens is 3. The number of nitrogens with zero attached hydrogens (tertiary/aromatic N) is 3. The Kier molecular flexibility index (Phi) is 2.18. The number of aryl methyl sites for hydroxylation is 1. The van der Waals surface area contributed by atoms with Crippen LogP contribution in [0.5, 0.6) is 10.8 Å². The summed E-state index contributed by atoms with van der Waals surface area (Å²) >= 11 is 1.23. The number of rotatable bonds is 2. The number of hydrogen-bond acceptors (Lipinski definition) is 5. The van der Waals surface area contributed by atoms with Crippen molar-refractivity contribution >= 4 is 11.5 Å². The second-order valence-electron chi connectivity index (χ2n) is 2.44. The van der Waals surface area contributed by atoms with Gasteiger partial charge in [0.05, 0.1) is 6.20 Å². The summed E-state index contributed by atoms with van der Waals surface area (Å²) in [5.41, 5.74) is 0.800. The predicted molar refractivity (Wildman–Crippen MR) is 49.0 cm³/mol. The largest absolute Gasteiger partial charge is 0.441 e. The highest BCUT2D eigenvalue weighted by molar-refractivity contribution is 7.07. The van der Waals surface area contributed by atoms with Gasteiger partial charge in [-0.05, 0) is 19.1 Å². The molecule has 0 aliphatic carbocycles. The number of pyridine rings is 1. The number of hydrogen-bond donors (Lipinski definition) is 0. The molecule has 0 saturated carbocycles. The molecule has 0 amide bonds. The van der Waals surface area contributed by atoms with Gasteiger partial charge < -0.3 is 4.74 Å². The lowest BCUT2D eigenvalue weighted by atomic mass is 10.5. The van der Waals surface area contributed by atoms with Crippen molar-refractivity contribution < 1.29 is 4.74 Å². The zero-order valence-electron chi connectivity index (χ0n) is 6.97. The Morgan fingerprint density at radius 2 is 2.38 bits per heavy atom. The molecule has 2 aromatic heterocycles. The molecule has 4 nitrogen and oxygen atoms in total. The van der Waals surface area contributed by atoms with Gasteiger partial charge in [-0.15, -0.1) is 5.10 Å². The van der Waals surface area contributed by atoms with E-state index in [9.17, 15) is 0 Å². The second-order valence-corrected chi connectivity index (χ2v) is 3.15. The van der Waals surface area contributed by atoms with Crippen LogP contribution < -0.4 is 4.74 Å². The monoisotopic (exact) mass is 193 g/mol. The van der Waals surface area contributed by atoms with E-state index >= 15 is 0 Å². The highest BCUT2D eigenvalue weighted by Crippen LogP contribution is 2.25. The molecule has 0 aromatic carbocycles. The summed E-state index contributed by atoms with van der Waals surface area (Å²) in [6.45, 7) is 1.86. The van der Waals surface area contributed by atoms with E-state index < -0.39 is 0 Å². The SMILES string of the molecule is Cc1nnsc1Oc1cccnc1. The molecule has 0 fully saturated rings. The van der Waals surface area contributed by atoms with Crippen LogP contribution in [0.2, 0.25) is 0 Å². The molecule has 0 unspecified atom stereocenters. The van der Waals surface area contributed by atoms with E-state index in [0.717, 1.165) is 5.69 Å². The van der Waals surface area contributed by atoms with Crippen LogP contribution in [0.1, 0.15) is 5.69 Å². The molecule has 0 aliphatic rings. The van der Waals surface area contributed by atoms with E-state index in [-0.39, 0.29) is 0 Å². The molecule has 0 spiro atoms. The molecule has 0 N–H and O–H groups in total. The lowest BCUT2D eigenvalue weighted by Crippen LogP contribution is -1.83. The Morgan fingerprint density at radius 1 is 1.46 bits per heavy atom. The standard InChI is InChI=1S/C8H7N3OS/c1-6-8(13-11-10-6)12-7-3-2-4-9-5-7/h2-5H,1H3. The molecule has 0 aliphatic heterocycles. The lowest BCUT2D eigenvalue weighted by Gasteiger charge is -2.00. The first kappa shape index (κ1) is 8.12. The number of ether oxygens (including phenoxy) is 1. The highest BCUT2D eigenvalue weighted by Gasteiger charge is 2.04. The summed E-state index contributed by atoms with van der Waals surface area (Å²) in [7, 11) is 0. The van der Waals surface area contributed by atoms with Crippen LogP contribution in [-0.2, 0) is 0 Å². The topological polar surface area (TPSA) is 47.9 Å². The summed E-state index contributed by atoms with van der Waals surface area (Å²) in [6.07, 6.45) is 3.35. The van der Waals surface area contributed by atoms with Crippen LogP contribution in [0.25, 0.3) is 0 Å². The minimum Gasteiger partial charge on any atom is -0.441 e. The summed E-state index contributed by atoms with van der Waals surface area (Å²) in [5, 5.41) is 4.55. The fraction of sp³-hybridized carbons (Fsp3) is 0.125. The lowest BCUT2D eigenvalue weighted by molar-refractivity contribution is 0.488. The van der Waals surface area contributed by atoms with Crippen LogP contribution in [0.3, 0.4) is 0 Å². The summed E-state index contributed by atoms with van der Waals surface area (Å²) in [4.78, 5) is 3.93. The van der Waals surface area contributed by atoms with Gasteiger partial charge >= 0.3 is 0 Å². The van der Waals surface area contributed by atoms with Crippen molar-refractivity contribution in [2.45, 2.75) is 6.92 Å². The van der Waals surface area contributed by atoms with Crippen molar-refractivity contribution in [3.8, 4) is 10.8 Å². The molecular formula is C8H7N3OS. The van der Waals surface area contributed by atoms with Gasteiger partial charge in [-0.1, -0.05) is 4.49 Å². The molecule has 0 radical (unpaired) electrons. The average molecular weight is 193 g/mol. The fourth-order valence-electron chi connectivity index (χ4n) is 0.833. The smallest absolute Gasteiger partial charge is 0.223 e. The van der Waals surface area contributed by atoms with Gasteiger partial charge in [0.1, 0.15) is 11.4 Å². The first-order chi connectivity index (χ1) is 6.36. The zero-order chi connectivity index (χ0) is 9.10. The van der Waals surface area contributed by atoms with E-state index in [1.54, 1.807) is 12.4 Å². The van der Waals surface area contributed by atoms with Gasteiger partial charge in [0.25, 0.3) is 0 Å². The fourth-order valence-corrected chi connectivity index (χ4v) is 1.38. The van der Waals surface area contributed by atoms with E-state index in [0.29, 0.717) is 10.8 Å². The van der Waals surface area contributed by atoms with E-state index in [1.807, 2.05) is 19.1 Å². The minimum absolute atomic E-state index is 0.705. The Labute approximate surface area is 79.4 Å². The Morgan fingerprint density at radius 3 is 3.00 bits per heavy atom. The molecule has 5 heteroatoms. The van der Waals surface area contributed by atoms with Gasteiger partial charge in [0.2, 0.25) is 5.06 Å². The van der Waals surface area contributed by atoms with Crippen molar-refractivity contribution in [3.05, 3.63) is 30.2 Å². The Bertz CT molecular complexity index is 387. The quantitative estimate of drug-likeness (QED) is 0.732. The maximum atomic E-state index is 5.48. The third-order valence-corrected chi connectivity index (χ3v) is 2.16. The van der Waals surface area contributed by atoms with E-state index in [4.69, 9.17) is 4.74 Å². The summed E-state index contributed by atoms with van der Waals surface area (Å²) < 4.78 is 9.24. The maximum Gasteiger partial charge on any atom is 0.223 e. The van der Waals surface area contributed by atoms with E-state index in [1.165, 1.54) is 11.5 Å². The second kappa shape index (κ2) is 3.49. The van der Waals surface area contributed by atoms with Crippen molar-refractivity contribution in [1.29, 1.82) is 0 Å². The van der Waals surface area contributed by atoms with E-state index in [2.05, 4.69) is 14.6 Å². The first-order valence-electron chi connectivity index (χ1n) is 3.73. The van der Waals surface area contributed by atoms with Crippen LogP contribution >= 0.6 is 11.5 Å². The van der Waals surface area contributed by atoms with Crippen molar-refractivity contribution in [2.24, 2.45) is 0 Å². The molecule has 2 rings (SSSR count). The van der Waals surface area contributed by atoms with Crippen LogP contribution in [0.15, 0.2) is 24.5 Å². The third-order valence-electron chi connectivity index (χ3n) is 1.45. The average Bonchev–Trinajstić information content (AvgIpc) is 2.54. The van der Waals surface area contributed by atoms with Gasteiger partial charge in [-0.3, -0.25) is 4.98 Å². The molecular weight excluding hydrogens is 186 g/mol. The summed E-state index contributed by atoms with van der Waals surface area (Å²) in [5.74, 6) is 0.705. The van der Waals surface area contributed by atoms with Crippen molar-refractivity contribution in [2.75, 3.05) is 0 Å². The summed E-state index contributed by atoms with van der Waals surface area (Å²) in [6, 6.07) is 3.66. The van der Waals surface area contributed by atoms with Crippen LogP contribution in [-0.4, -0.2) is 14.6 Å². The normalized spacial score (nSPS) is 9.92. The van der Waals surface area contributed by atoms with Gasteiger partial charge in [0, 0.05) is 17.7 Å². The molecule has 2 heterocycles. The molecule has 0 atom stereocenters. The van der Waals surface area contributed by atoms with Crippen LogP contribution in [0.4, 0.5) is 0 Å². The van der Waals surface area contributed by atoms with Crippen molar-refractivity contribution in [1.82, 2.24) is 14.6 Å². The van der Waals surface area contributed by atoms with Crippen molar-refractivity contribution in [3.63, 3.8) is 0 Å². The van der Waals surface area contributed by atoms with Gasteiger partial charge in [-0.2, -0.15) is 0 Å². The molecule has 66 valence electrons. The first-order valence-corrected chi connectivity index (χ1v) is 4.50. The molecule has 0 bridgehead atoms. The van der Waals surface area contributed by atoms with Gasteiger partial charge in [0.15, 0.2) is 0 Å². The minimum atomic E-state index is 0.705. The third kappa shape index (κ3) is 1.81. The molecule has 13 heavy (non-hydrogen) atoms. The highest BCUT2D eigenvalue weighted by atomic mass is 32.1. The van der Waals surface area contributed by atoms with Gasteiger partial charge in [-0.25, -0.2) is 0 Å². The predicted octanol–water partition coefficient (Wildman–Crippen LogP) is 2.03. The molecule has 0 saturated heterocycles. The van der Waals surface area contributed by atoms with Crippen LogP contribution in [0, 0.1) is 6.92 Å². The Balaban J connectivity index is 2.20. The zero-order valence-corrected chi connectivity index (χ0v) is 7.78. The Hall–Kier alpha value is -1.49.